The van der Waals surface area contributed by atoms with Crippen molar-refractivity contribution in [2.24, 2.45) is 0 Å². The molecule has 0 aliphatic carbocycles. The Morgan fingerprint density at radius 3 is 2.59 bits per heavy atom. The van der Waals surface area contributed by atoms with Crippen LogP contribution in [0.3, 0.4) is 0 Å². The summed E-state index contributed by atoms with van der Waals surface area (Å²) >= 11 is 5.98. The van der Waals surface area contributed by atoms with Crippen LogP contribution in [0.4, 0.5) is 4.39 Å². The van der Waals surface area contributed by atoms with Crippen molar-refractivity contribution in [1.82, 2.24) is 4.57 Å². The first-order valence-corrected chi connectivity index (χ1v) is 8.56. The number of carbonyl (C=O) groups is 2. The molecule has 0 fully saturated rings. The van der Waals surface area contributed by atoms with Crippen molar-refractivity contribution in [1.29, 1.82) is 0 Å². The van der Waals surface area contributed by atoms with E-state index < -0.39 is 29.4 Å². The molecule has 140 valence electrons. The summed E-state index contributed by atoms with van der Waals surface area (Å²) in [6.07, 6.45) is 0. The molecule has 5 nitrogen and oxygen atoms in total. The molecular formula is C20H17ClFNO4. The van der Waals surface area contributed by atoms with Crippen LogP contribution in [0.2, 0.25) is 5.02 Å². The number of ether oxygens (including phenoxy) is 1. The van der Waals surface area contributed by atoms with Gasteiger partial charge in [0.15, 0.2) is 11.6 Å². The lowest BCUT2D eigenvalue weighted by molar-refractivity contribution is -0.141. The molecule has 0 aliphatic heterocycles. The molecule has 3 rings (SSSR count). The Bertz CT molecular complexity index is 1070. The Morgan fingerprint density at radius 1 is 1.26 bits per heavy atom. The Hall–Kier alpha value is -2.86. The molecule has 0 spiro atoms. The number of aromatic nitrogens is 1. The first-order chi connectivity index (χ1) is 12.8. The number of phenols is 1. The fourth-order valence-corrected chi connectivity index (χ4v) is 3.51. The number of aromatic hydroxyl groups is 1. The van der Waals surface area contributed by atoms with E-state index >= 15 is 0 Å². The van der Waals surface area contributed by atoms with Crippen LogP contribution in [0.1, 0.15) is 34.5 Å². The highest BCUT2D eigenvalue weighted by molar-refractivity contribution is 6.31. The zero-order valence-electron chi connectivity index (χ0n) is 14.9. The number of carbonyl (C=O) groups excluding carboxylic acids is 2. The van der Waals surface area contributed by atoms with Crippen LogP contribution in [0.15, 0.2) is 36.4 Å². The van der Waals surface area contributed by atoms with E-state index in [2.05, 4.69) is 0 Å². The molecule has 0 aliphatic rings. The van der Waals surface area contributed by atoms with Gasteiger partial charge < -0.3 is 9.84 Å². The minimum Gasteiger partial charge on any atom is -0.505 e. The largest absolute Gasteiger partial charge is 0.505 e. The van der Waals surface area contributed by atoms with Gasteiger partial charge in [-0.15, -0.1) is 0 Å². The smallest absolute Gasteiger partial charge is 0.312 e. The highest BCUT2D eigenvalue weighted by Gasteiger charge is 2.29. The number of hydrogen-bond acceptors (Lipinski definition) is 4. The van der Waals surface area contributed by atoms with Gasteiger partial charge in [0, 0.05) is 21.7 Å². The highest BCUT2D eigenvalue weighted by atomic mass is 35.5. The molecule has 0 amide bonds. The van der Waals surface area contributed by atoms with Crippen molar-refractivity contribution >= 4 is 34.4 Å². The summed E-state index contributed by atoms with van der Waals surface area (Å²) in [5.41, 5.74) is 1.24. The zero-order valence-corrected chi connectivity index (χ0v) is 15.7. The third kappa shape index (κ3) is 3.06. The van der Waals surface area contributed by atoms with Crippen molar-refractivity contribution in [3.05, 3.63) is 64.1 Å². The maximum atomic E-state index is 14.8. The summed E-state index contributed by atoms with van der Waals surface area (Å²) in [5, 5.41) is 10.2. The summed E-state index contributed by atoms with van der Waals surface area (Å²) in [6, 6.07) is 9.00. The van der Waals surface area contributed by atoms with Crippen molar-refractivity contribution in [3.8, 4) is 5.75 Å². The fourth-order valence-electron chi connectivity index (χ4n) is 3.32. The third-order valence-electron chi connectivity index (χ3n) is 4.60. The number of halogens is 2. The van der Waals surface area contributed by atoms with Gasteiger partial charge in [0.1, 0.15) is 0 Å². The summed E-state index contributed by atoms with van der Waals surface area (Å²) in [6.45, 7) is 3.18. The van der Waals surface area contributed by atoms with E-state index in [0.717, 1.165) is 0 Å². The Labute approximate surface area is 159 Å². The second kappa shape index (κ2) is 7.04. The normalized spacial score (nSPS) is 12.2. The van der Waals surface area contributed by atoms with Crippen molar-refractivity contribution in [3.63, 3.8) is 0 Å². The number of hydrogen-bond donors (Lipinski definition) is 1. The number of nitrogens with zero attached hydrogens (tertiary/aromatic N) is 1. The van der Waals surface area contributed by atoms with Crippen LogP contribution >= 0.6 is 11.6 Å². The second-order valence-electron chi connectivity index (χ2n) is 6.19. The van der Waals surface area contributed by atoms with Gasteiger partial charge in [0.05, 0.1) is 18.5 Å². The topological polar surface area (TPSA) is 68.5 Å². The van der Waals surface area contributed by atoms with Crippen molar-refractivity contribution in [2.45, 2.75) is 19.8 Å². The molecule has 7 heteroatoms. The molecule has 1 N–H and O–H groups in total. The number of rotatable bonds is 3. The lowest BCUT2D eigenvalue weighted by Gasteiger charge is -2.11. The summed E-state index contributed by atoms with van der Waals surface area (Å²) in [7, 11) is 1.23. The second-order valence-corrected chi connectivity index (χ2v) is 6.62. The van der Waals surface area contributed by atoms with E-state index in [1.807, 2.05) is 0 Å². The molecule has 0 radical (unpaired) electrons. The first kappa shape index (κ1) is 18.9. The van der Waals surface area contributed by atoms with Crippen LogP contribution in [-0.2, 0) is 9.53 Å². The molecule has 1 atom stereocenters. The summed E-state index contributed by atoms with van der Waals surface area (Å²) in [5.74, 6) is -3.28. The molecule has 2 aromatic carbocycles. The molecule has 1 unspecified atom stereocenters. The third-order valence-corrected chi connectivity index (χ3v) is 4.83. The van der Waals surface area contributed by atoms with Gasteiger partial charge in [-0.05, 0) is 49.7 Å². The molecular weight excluding hydrogens is 373 g/mol. The van der Waals surface area contributed by atoms with Gasteiger partial charge in [-0.3, -0.25) is 14.2 Å². The van der Waals surface area contributed by atoms with E-state index in [0.29, 0.717) is 21.8 Å². The standard InChI is InChI=1S/C20H17ClFNO4/c1-10(20(26)27-3)16-11(2)23(14-7-8-15(24)18(22)17(14)16)19(25)12-5-4-6-13(21)9-12/h4-10,24H,1-3H3. The minimum atomic E-state index is -0.890. The lowest BCUT2D eigenvalue weighted by Crippen LogP contribution is -2.16. The van der Waals surface area contributed by atoms with Crippen LogP contribution in [0.25, 0.3) is 10.9 Å². The average Bonchev–Trinajstić information content (AvgIpc) is 2.95. The Kier molecular flexibility index (Phi) is 4.93. The molecule has 1 aromatic heterocycles. The molecule has 0 saturated carbocycles. The lowest BCUT2D eigenvalue weighted by atomic mass is 9.97. The fraction of sp³-hybridized carbons (Fsp3) is 0.200. The van der Waals surface area contributed by atoms with Gasteiger partial charge >= 0.3 is 5.97 Å². The van der Waals surface area contributed by atoms with Crippen LogP contribution in [0, 0.1) is 12.7 Å². The first-order valence-electron chi connectivity index (χ1n) is 8.18. The number of phenolic OH excluding ortho intramolecular Hbond substituents is 1. The zero-order chi connectivity index (χ0) is 19.9. The Balaban J connectivity index is 2.34. The molecule has 1 heterocycles. The van der Waals surface area contributed by atoms with Crippen LogP contribution in [0.5, 0.6) is 5.75 Å². The summed E-state index contributed by atoms with van der Waals surface area (Å²) in [4.78, 5) is 25.2. The van der Waals surface area contributed by atoms with Gasteiger partial charge in [0.2, 0.25) is 0 Å². The van der Waals surface area contributed by atoms with Crippen molar-refractivity contribution in [2.75, 3.05) is 7.11 Å². The number of fused-ring (bicyclic) bond motifs is 1. The molecule has 0 bridgehead atoms. The molecule has 3 aromatic rings. The number of esters is 1. The van der Waals surface area contributed by atoms with E-state index in [1.165, 1.54) is 29.9 Å². The summed E-state index contributed by atoms with van der Waals surface area (Å²) < 4.78 is 20.9. The maximum Gasteiger partial charge on any atom is 0.312 e. The SMILES string of the molecule is COC(=O)C(C)c1c(C)n(C(=O)c2cccc(Cl)c2)c2ccc(O)c(F)c12. The Morgan fingerprint density at radius 2 is 1.96 bits per heavy atom. The molecule has 27 heavy (non-hydrogen) atoms. The van der Waals surface area contributed by atoms with E-state index in [4.69, 9.17) is 16.3 Å². The van der Waals surface area contributed by atoms with E-state index in [9.17, 15) is 19.1 Å². The monoisotopic (exact) mass is 389 g/mol. The van der Waals surface area contributed by atoms with Gasteiger partial charge in [-0.25, -0.2) is 4.39 Å². The number of benzene rings is 2. The van der Waals surface area contributed by atoms with Crippen LogP contribution in [-0.4, -0.2) is 28.7 Å². The van der Waals surface area contributed by atoms with Crippen molar-refractivity contribution < 1.29 is 23.8 Å². The predicted molar refractivity (Wildman–Crippen MR) is 99.9 cm³/mol. The van der Waals surface area contributed by atoms with Gasteiger partial charge in [0.25, 0.3) is 5.91 Å². The van der Waals surface area contributed by atoms with E-state index in [-0.39, 0.29) is 10.9 Å². The van der Waals surface area contributed by atoms with Gasteiger partial charge in [-0.1, -0.05) is 17.7 Å². The quantitative estimate of drug-likeness (QED) is 0.673. The maximum absolute atomic E-state index is 14.8. The average molecular weight is 390 g/mol. The highest BCUT2D eigenvalue weighted by Crippen LogP contribution is 2.37. The predicted octanol–water partition coefficient (Wildman–Crippen LogP) is 4.41. The molecule has 0 saturated heterocycles. The van der Waals surface area contributed by atoms with E-state index in [1.54, 1.807) is 32.0 Å². The number of methoxy groups -OCH3 is 1. The van der Waals surface area contributed by atoms with Crippen LogP contribution < -0.4 is 0 Å². The van der Waals surface area contributed by atoms with Gasteiger partial charge in [-0.2, -0.15) is 0 Å². The minimum absolute atomic E-state index is 0.0146.